The van der Waals surface area contributed by atoms with Crippen molar-refractivity contribution in [1.82, 2.24) is 14.0 Å². The fourth-order valence-corrected chi connectivity index (χ4v) is 3.63. The standard InChI is InChI=1S/C21H13N5O4/c22-19(27)12-5-10-17-23-18-15-3-1-2-4-16(15)21(28)25(20(18)24(17)11-12)13-6-8-14(9-7-13)26(29)30/h1-11H,(H2,22,27). The number of pyridine rings is 2. The number of carbonyl (C=O) groups excluding carboxylic acids is 1. The Morgan fingerprint density at radius 3 is 2.37 bits per heavy atom. The number of nitro benzene ring substituents is 1. The minimum atomic E-state index is -0.608. The van der Waals surface area contributed by atoms with Crippen LogP contribution >= 0.6 is 0 Å². The van der Waals surface area contributed by atoms with Crippen LogP contribution in [0.5, 0.6) is 0 Å². The van der Waals surface area contributed by atoms with E-state index in [9.17, 15) is 19.7 Å². The van der Waals surface area contributed by atoms with Crippen LogP contribution in [0.15, 0.2) is 71.7 Å². The number of nitro groups is 1. The number of nitrogens with zero attached hydrogens (tertiary/aromatic N) is 4. The van der Waals surface area contributed by atoms with Crippen molar-refractivity contribution >= 4 is 39.2 Å². The highest BCUT2D eigenvalue weighted by atomic mass is 16.6. The molecular formula is C21H13N5O4. The van der Waals surface area contributed by atoms with Crippen molar-refractivity contribution in [2.75, 3.05) is 0 Å². The average Bonchev–Trinajstić information content (AvgIpc) is 3.13. The normalized spacial score (nSPS) is 11.3. The lowest BCUT2D eigenvalue weighted by molar-refractivity contribution is -0.384. The zero-order valence-corrected chi connectivity index (χ0v) is 15.4. The second kappa shape index (κ2) is 6.24. The van der Waals surface area contributed by atoms with E-state index in [4.69, 9.17) is 5.73 Å². The van der Waals surface area contributed by atoms with Crippen LogP contribution in [0.2, 0.25) is 0 Å². The Morgan fingerprint density at radius 2 is 1.70 bits per heavy atom. The topological polar surface area (TPSA) is 126 Å². The zero-order valence-electron chi connectivity index (χ0n) is 15.4. The molecule has 146 valence electrons. The van der Waals surface area contributed by atoms with Crippen molar-refractivity contribution in [2.24, 2.45) is 5.73 Å². The third kappa shape index (κ3) is 2.46. The van der Waals surface area contributed by atoms with Gasteiger partial charge in [-0.1, -0.05) is 18.2 Å². The molecule has 30 heavy (non-hydrogen) atoms. The number of primary amides is 1. The molecule has 0 atom stereocenters. The van der Waals surface area contributed by atoms with Crippen LogP contribution in [0.3, 0.4) is 0 Å². The van der Waals surface area contributed by atoms with Gasteiger partial charge in [0.25, 0.3) is 11.2 Å². The van der Waals surface area contributed by atoms with Crippen molar-refractivity contribution in [2.45, 2.75) is 0 Å². The minimum Gasteiger partial charge on any atom is -0.366 e. The van der Waals surface area contributed by atoms with Crippen molar-refractivity contribution in [3.63, 3.8) is 0 Å². The molecule has 1 amide bonds. The molecule has 9 nitrogen and oxygen atoms in total. The predicted octanol–water partition coefficient (Wildman–Crippen LogP) is 2.80. The van der Waals surface area contributed by atoms with Crippen molar-refractivity contribution in [1.29, 1.82) is 0 Å². The molecular weight excluding hydrogens is 386 g/mol. The monoisotopic (exact) mass is 399 g/mol. The first-order valence-corrected chi connectivity index (χ1v) is 8.96. The summed E-state index contributed by atoms with van der Waals surface area (Å²) in [5.74, 6) is -0.608. The van der Waals surface area contributed by atoms with Crippen LogP contribution in [0.25, 0.3) is 33.3 Å². The van der Waals surface area contributed by atoms with Gasteiger partial charge in [0.15, 0.2) is 5.65 Å². The Kier molecular flexibility index (Phi) is 3.65. The zero-order chi connectivity index (χ0) is 21.0. The molecule has 0 unspecified atom stereocenters. The Balaban J connectivity index is 1.98. The van der Waals surface area contributed by atoms with Gasteiger partial charge in [-0.2, -0.15) is 0 Å². The first kappa shape index (κ1) is 17.6. The summed E-state index contributed by atoms with van der Waals surface area (Å²) >= 11 is 0. The number of fused-ring (bicyclic) bond motifs is 5. The summed E-state index contributed by atoms with van der Waals surface area (Å²) in [6.07, 6.45) is 1.53. The molecule has 0 aliphatic rings. The van der Waals surface area contributed by atoms with E-state index in [0.717, 1.165) is 0 Å². The number of amides is 1. The second-order valence-corrected chi connectivity index (χ2v) is 6.75. The van der Waals surface area contributed by atoms with E-state index in [1.54, 1.807) is 34.7 Å². The molecule has 2 N–H and O–H groups in total. The van der Waals surface area contributed by atoms with Crippen molar-refractivity contribution in [3.8, 4) is 5.69 Å². The number of nitrogens with two attached hydrogens (primary N) is 1. The number of benzene rings is 2. The number of hydrogen-bond donors (Lipinski definition) is 1. The molecule has 5 aromatic rings. The summed E-state index contributed by atoms with van der Waals surface area (Å²) in [5.41, 5.74) is 7.26. The van der Waals surface area contributed by atoms with Crippen molar-refractivity contribution < 1.29 is 9.72 Å². The number of hydrogen-bond acceptors (Lipinski definition) is 5. The quantitative estimate of drug-likeness (QED) is 0.369. The lowest BCUT2D eigenvalue weighted by Crippen LogP contribution is -2.20. The van der Waals surface area contributed by atoms with Gasteiger partial charge in [0, 0.05) is 29.1 Å². The van der Waals surface area contributed by atoms with Gasteiger partial charge in [0.2, 0.25) is 5.91 Å². The highest BCUT2D eigenvalue weighted by molar-refractivity contribution is 6.04. The molecule has 0 saturated heterocycles. The van der Waals surface area contributed by atoms with Crippen LogP contribution in [0, 0.1) is 10.1 Å². The molecule has 5 rings (SSSR count). The van der Waals surface area contributed by atoms with Crippen molar-refractivity contribution in [3.05, 3.63) is 92.9 Å². The summed E-state index contributed by atoms with van der Waals surface area (Å²) in [7, 11) is 0. The van der Waals surface area contributed by atoms with E-state index in [1.165, 1.54) is 35.0 Å². The van der Waals surface area contributed by atoms with Gasteiger partial charge in [0.1, 0.15) is 11.2 Å². The van der Waals surface area contributed by atoms with Gasteiger partial charge in [-0.3, -0.25) is 28.7 Å². The lowest BCUT2D eigenvalue weighted by Gasteiger charge is -2.11. The van der Waals surface area contributed by atoms with Crippen LogP contribution < -0.4 is 11.3 Å². The minimum absolute atomic E-state index is 0.0852. The summed E-state index contributed by atoms with van der Waals surface area (Å²) in [6.45, 7) is 0. The van der Waals surface area contributed by atoms with E-state index in [-0.39, 0.29) is 16.8 Å². The highest BCUT2D eigenvalue weighted by Gasteiger charge is 2.18. The first-order chi connectivity index (χ1) is 14.5. The van der Waals surface area contributed by atoms with Gasteiger partial charge in [-0.05, 0) is 30.3 Å². The molecule has 3 heterocycles. The molecule has 0 aliphatic carbocycles. The van der Waals surface area contributed by atoms with Crippen LogP contribution in [0.1, 0.15) is 10.4 Å². The van der Waals surface area contributed by atoms with Gasteiger partial charge >= 0.3 is 0 Å². The molecule has 2 aromatic carbocycles. The fraction of sp³-hybridized carbons (Fsp3) is 0. The molecule has 9 heteroatoms. The maximum absolute atomic E-state index is 13.4. The number of carbonyl (C=O) groups is 1. The predicted molar refractivity (Wildman–Crippen MR) is 111 cm³/mol. The Hall–Kier alpha value is -4.53. The largest absolute Gasteiger partial charge is 0.366 e. The summed E-state index contributed by atoms with van der Waals surface area (Å²) in [4.78, 5) is 40.3. The number of rotatable bonds is 3. The van der Waals surface area contributed by atoms with E-state index in [2.05, 4.69) is 4.98 Å². The molecule has 0 bridgehead atoms. The second-order valence-electron chi connectivity index (χ2n) is 6.75. The smallest absolute Gasteiger partial charge is 0.269 e. The maximum atomic E-state index is 13.4. The van der Waals surface area contributed by atoms with Gasteiger partial charge in [0.05, 0.1) is 16.2 Å². The molecule has 0 radical (unpaired) electrons. The number of imidazole rings is 1. The summed E-state index contributed by atoms with van der Waals surface area (Å²) < 4.78 is 3.07. The number of aromatic nitrogens is 3. The van der Waals surface area contributed by atoms with Gasteiger partial charge < -0.3 is 5.73 Å². The Labute approximate surface area is 167 Å². The average molecular weight is 399 g/mol. The third-order valence-electron chi connectivity index (χ3n) is 5.02. The molecule has 3 aromatic heterocycles. The van der Waals surface area contributed by atoms with E-state index in [0.29, 0.717) is 33.3 Å². The van der Waals surface area contributed by atoms with Gasteiger partial charge in [-0.25, -0.2) is 4.98 Å². The third-order valence-corrected chi connectivity index (χ3v) is 5.02. The van der Waals surface area contributed by atoms with Gasteiger partial charge in [-0.15, -0.1) is 0 Å². The van der Waals surface area contributed by atoms with E-state index < -0.39 is 10.8 Å². The molecule has 0 spiro atoms. The van der Waals surface area contributed by atoms with E-state index >= 15 is 0 Å². The Morgan fingerprint density at radius 1 is 1.00 bits per heavy atom. The number of non-ortho nitro benzene ring substituents is 1. The highest BCUT2D eigenvalue weighted by Crippen LogP contribution is 2.27. The maximum Gasteiger partial charge on any atom is 0.269 e. The summed E-state index contributed by atoms with van der Waals surface area (Å²) in [5, 5.41) is 12.1. The first-order valence-electron chi connectivity index (χ1n) is 8.96. The SMILES string of the molecule is NC(=O)c1ccc2nc3c4ccccc4c(=O)n(-c4ccc([N+](=O)[O-])cc4)c3n2c1. The van der Waals surface area contributed by atoms with Crippen LogP contribution in [-0.2, 0) is 0 Å². The molecule has 0 saturated carbocycles. The molecule has 0 aliphatic heterocycles. The molecule has 0 fully saturated rings. The summed E-state index contributed by atoms with van der Waals surface area (Å²) in [6, 6.07) is 16.0. The lowest BCUT2D eigenvalue weighted by atomic mass is 10.1. The van der Waals surface area contributed by atoms with E-state index in [1.807, 2.05) is 6.07 Å². The van der Waals surface area contributed by atoms with Crippen LogP contribution in [0.4, 0.5) is 5.69 Å². The Bertz CT molecular complexity index is 1560. The van der Waals surface area contributed by atoms with Crippen LogP contribution in [-0.4, -0.2) is 24.8 Å². The fourth-order valence-electron chi connectivity index (χ4n) is 3.63.